The molecule has 1 atom stereocenters. The molecule has 2 heterocycles. The number of hydrogen-bond acceptors (Lipinski definition) is 4. The summed E-state index contributed by atoms with van der Waals surface area (Å²) < 4.78 is 0. The number of amides is 3. The highest BCUT2D eigenvalue weighted by Gasteiger charge is 2.26. The monoisotopic (exact) mass is 266 g/mol. The second-order valence-corrected chi connectivity index (χ2v) is 4.70. The molecule has 8 nitrogen and oxygen atoms in total. The second-order valence-electron chi connectivity index (χ2n) is 4.70. The average Bonchev–Trinajstić information content (AvgIpc) is 2.82. The lowest BCUT2D eigenvalue weighted by Crippen LogP contribution is -2.44. The predicted octanol–water partition coefficient (Wildman–Crippen LogP) is -0.488. The summed E-state index contributed by atoms with van der Waals surface area (Å²) in [5.41, 5.74) is 11.4. The molecule has 2 rings (SSSR count). The number of hydrogen-bond donors (Lipinski definition) is 4. The van der Waals surface area contributed by atoms with Gasteiger partial charge < -0.3 is 21.7 Å². The normalized spacial score (nSPS) is 19.2. The van der Waals surface area contributed by atoms with E-state index in [2.05, 4.69) is 15.5 Å². The summed E-state index contributed by atoms with van der Waals surface area (Å²) in [6.45, 7) is 1.75. The first-order valence-corrected chi connectivity index (χ1v) is 6.19. The van der Waals surface area contributed by atoms with Crippen LogP contribution in [0.25, 0.3) is 0 Å². The largest absolute Gasteiger partial charge is 0.396 e. The fourth-order valence-electron chi connectivity index (χ4n) is 2.29. The number of anilines is 1. The molecule has 6 N–H and O–H groups in total. The van der Waals surface area contributed by atoms with Gasteiger partial charge in [-0.05, 0) is 18.8 Å². The molecular formula is C11H18N6O2. The molecule has 3 amide bonds. The molecular weight excluding hydrogens is 248 g/mol. The van der Waals surface area contributed by atoms with E-state index in [1.807, 2.05) is 0 Å². The van der Waals surface area contributed by atoms with Crippen LogP contribution in [0.2, 0.25) is 0 Å². The Hall–Kier alpha value is -2.25. The predicted molar refractivity (Wildman–Crippen MR) is 69.2 cm³/mol. The Morgan fingerprint density at radius 1 is 1.58 bits per heavy atom. The Morgan fingerprint density at radius 3 is 3.00 bits per heavy atom. The Labute approximate surface area is 110 Å². The summed E-state index contributed by atoms with van der Waals surface area (Å²) in [5, 5.41) is 8.93. The summed E-state index contributed by atoms with van der Waals surface area (Å²) in [5.74, 6) is 0.0631. The highest BCUT2D eigenvalue weighted by molar-refractivity contribution is 5.97. The van der Waals surface area contributed by atoms with Crippen molar-refractivity contribution in [3.05, 3.63) is 11.9 Å². The van der Waals surface area contributed by atoms with Gasteiger partial charge in [-0.2, -0.15) is 5.10 Å². The molecule has 1 aromatic heterocycles. The summed E-state index contributed by atoms with van der Waals surface area (Å²) in [6.07, 6.45) is 3.27. The number of aromatic nitrogens is 2. The van der Waals surface area contributed by atoms with Crippen LogP contribution in [-0.2, 0) is 0 Å². The van der Waals surface area contributed by atoms with Gasteiger partial charge >= 0.3 is 6.03 Å². The van der Waals surface area contributed by atoms with Gasteiger partial charge in [0.1, 0.15) is 5.69 Å². The Kier molecular flexibility index (Phi) is 3.88. The van der Waals surface area contributed by atoms with E-state index in [1.165, 1.54) is 6.20 Å². The molecule has 8 heteroatoms. The number of carbonyl (C=O) groups excluding carboxylic acids is 2. The number of H-pyrrole nitrogens is 1. The Morgan fingerprint density at radius 2 is 2.37 bits per heavy atom. The van der Waals surface area contributed by atoms with Crippen molar-refractivity contribution in [3.8, 4) is 0 Å². The highest BCUT2D eigenvalue weighted by Crippen LogP contribution is 2.19. The minimum Gasteiger partial charge on any atom is -0.396 e. The van der Waals surface area contributed by atoms with Crippen molar-refractivity contribution in [2.24, 2.45) is 11.7 Å². The van der Waals surface area contributed by atoms with Gasteiger partial charge in [0.05, 0.1) is 11.9 Å². The molecule has 1 saturated heterocycles. The van der Waals surface area contributed by atoms with E-state index in [-0.39, 0.29) is 11.8 Å². The minimum absolute atomic E-state index is 0.154. The number of nitrogen functional groups attached to an aromatic ring is 1. The third-order valence-corrected chi connectivity index (χ3v) is 3.25. The molecule has 1 aliphatic rings. The number of rotatable bonds is 3. The minimum atomic E-state index is -0.540. The fourth-order valence-corrected chi connectivity index (χ4v) is 2.29. The van der Waals surface area contributed by atoms with Crippen LogP contribution < -0.4 is 16.8 Å². The number of piperidine rings is 1. The topological polar surface area (TPSA) is 130 Å². The van der Waals surface area contributed by atoms with Gasteiger partial charge in [-0.15, -0.1) is 0 Å². The SMILES string of the molecule is NC(=O)NCC1CCCN(C(=O)c2[nH]ncc2N)C1. The van der Waals surface area contributed by atoms with Crippen molar-refractivity contribution in [3.63, 3.8) is 0 Å². The maximum absolute atomic E-state index is 12.2. The van der Waals surface area contributed by atoms with Gasteiger partial charge in [0.2, 0.25) is 0 Å². The number of carbonyl (C=O) groups is 2. The molecule has 0 spiro atoms. The summed E-state index contributed by atoms with van der Waals surface area (Å²) in [6, 6.07) is -0.540. The van der Waals surface area contributed by atoms with E-state index in [9.17, 15) is 9.59 Å². The number of nitrogens with one attached hydrogen (secondary N) is 2. The van der Waals surface area contributed by atoms with Gasteiger partial charge in [-0.3, -0.25) is 9.89 Å². The average molecular weight is 266 g/mol. The molecule has 19 heavy (non-hydrogen) atoms. The number of aromatic amines is 1. The van der Waals surface area contributed by atoms with Crippen LogP contribution in [0.5, 0.6) is 0 Å². The van der Waals surface area contributed by atoms with Crippen LogP contribution in [0.15, 0.2) is 6.20 Å². The van der Waals surface area contributed by atoms with Crippen LogP contribution >= 0.6 is 0 Å². The summed E-state index contributed by atoms with van der Waals surface area (Å²) >= 11 is 0. The van der Waals surface area contributed by atoms with Crippen molar-refractivity contribution >= 4 is 17.6 Å². The first-order chi connectivity index (χ1) is 9.08. The zero-order valence-corrected chi connectivity index (χ0v) is 10.6. The van der Waals surface area contributed by atoms with Gasteiger partial charge in [0.25, 0.3) is 5.91 Å². The maximum Gasteiger partial charge on any atom is 0.312 e. The second kappa shape index (κ2) is 5.59. The highest BCUT2D eigenvalue weighted by atomic mass is 16.2. The van der Waals surface area contributed by atoms with Gasteiger partial charge in [0.15, 0.2) is 0 Å². The van der Waals surface area contributed by atoms with Crippen molar-refractivity contribution in [2.75, 3.05) is 25.4 Å². The summed E-state index contributed by atoms with van der Waals surface area (Å²) in [7, 11) is 0. The van der Waals surface area contributed by atoms with E-state index in [0.717, 1.165) is 12.8 Å². The molecule has 0 radical (unpaired) electrons. The standard InChI is InChI=1S/C11H18N6O2/c12-8-5-15-16-9(8)10(18)17-3-1-2-7(6-17)4-14-11(13)19/h5,7H,1-4,6,12H2,(H,15,16)(H3,13,14,19). The van der Waals surface area contributed by atoms with E-state index in [0.29, 0.717) is 31.0 Å². The first-order valence-electron chi connectivity index (χ1n) is 6.19. The Bertz CT molecular complexity index is 472. The lowest BCUT2D eigenvalue weighted by Gasteiger charge is -2.32. The van der Waals surface area contributed by atoms with Crippen molar-refractivity contribution < 1.29 is 9.59 Å². The lowest BCUT2D eigenvalue weighted by molar-refractivity contribution is 0.0670. The number of urea groups is 1. The molecule has 0 bridgehead atoms. The Balaban J connectivity index is 1.95. The van der Waals surface area contributed by atoms with E-state index < -0.39 is 6.03 Å². The van der Waals surface area contributed by atoms with Gasteiger partial charge in [0, 0.05) is 19.6 Å². The van der Waals surface area contributed by atoms with E-state index in [1.54, 1.807) is 4.90 Å². The van der Waals surface area contributed by atoms with Gasteiger partial charge in [-0.25, -0.2) is 4.79 Å². The molecule has 0 aliphatic carbocycles. The molecule has 104 valence electrons. The van der Waals surface area contributed by atoms with Crippen molar-refractivity contribution in [2.45, 2.75) is 12.8 Å². The number of likely N-dealkylation sites (tertiary alicyclic amines) is 1. The van der Waals surface area contributed by atoms with Crippen LogP contribution in [0.1, 0.15) is 23.3 Å². The lowest BCUT2D eigenvalue weighted by atomic mass is 9.97. The molecule has 1 aromatic rings. The smallest absolute Gasteiger partial charge is 0.312 e. The van der Waals surface area contributed by atoms with Crippen LogP contribution in [0.3, 0.4) is 0 Å². The fraction of sp³-hybridized carbons (Fsp3) is 0.545. The van der Waals surface area contributed by atoms with Crippen LogP contribution in [0.4, 0.5) is 10.5 Å². The molecule has 0 saturated carbocycles. The van der Waals surface area contributed by atoms with E-state index in [4.69, 9.17) is 11.5 Å². The quantitative estimate of drug-likeness (QED) is 0.588. The summed E-state index contributed by atoms with van der Waals surface area (Å²) in [4.78, 5) is 24.6. The third-order valence-electron chi connectivity index (χ3n) is 3.25. The number of nitrogens with two attached hydrogens (primary N) is 2. The van der Waals surface area contributed by atoms with Crippen LogP contribution in [-0.4, -0.2) is 46.7 Å². The van der Waals surface area contributed by atoms with Crippen molar-refractivity contribution in [1.29, 1.82) is 0 Å². The van der Waals surface area contributed by atoms with E-state index >= 15 is 0 Å². The third kappa shape index (κ3) is 3.15. The zero-order chi connectivity index (χ0) is 13.8. The maximum atomic E-state index is 12.2. The zero-order valence-electron chi connectivity index (χ0n) is 10.6. The number of nitrogens with zero attached hydrogens (tertiary/aromatic N) is 2. The number of primary amides is 1. The molecule has 1 unspecified atom stereocenters. The molecule has 1 fully saturated rings. The van der Waals surface area contributed by atoms with Crippen molar-refractivity contribution in [1.82, 2.24) is 20.4 Å². The van der Waals surface area contributed by atoms with Gasteiger partial charge in [-0.1, -0.05) is 0 Å². The molecule has 1 aliphatic heterocycles. The first kappa shape index (κ1) is 13.2. The van der Waals surface area contributed by atoms with Crippen LogP contribution in [0, 0.1) is 5.92 Å². The molecule has 0 aromatic carbocycles.